The van der Waals surface area contributed by atoms with Crippen molar-refractivity contribution in [1.82, 2.24) is 0 Å². The van der Waals surface area contributed by atoms with Gasteiger partial charge < -0.3 is 9.47 Å². The van der Waals surface area contributed by atoms with E-state index in [9.17, 15) is 4.79 Å². The molecule has 0 saturated carbocycles. The molecule has 0 spiro atoms. The van der Waals surface area contributed by atoms with Gasteiger partial charge in [-0.05, 0) is 46.5 Å². The summed E-state index contributed by atoms with van der Waals surface area (Å²) in [7, 11) is 0. The number of ether oxygens (including phenoxy) is 2. The van der Waals surface area contributed by atoms with Crippen LogP contribution in [0, 0.1) is 5.41 Å². The van der Waals surface area contributed by atoms with Crippen LogP contribution in [0.2, 0.25) is 0 Å². The van der Waals surface area contributed by atoms with E-state index in [-0.39, 0.29) is 23.6 Å². The average Bonchev–Trinajstić information content (AvgIpc) is 1.92. The van der Waals surface area contributed by atoms with Gasteiger partial charge in [-0.15, -0.1) is 0 Å². The van der Waals surface area contributed by atoms with E-state index < -0.39 is 5.60 Å². The predicted octanol–water partition coefficient (Wildman–Crippen LogP) is 3.95. The van der Waals surface area contributed by atoms with Crippen molar-refractivity contribution < 1.29 is 14.3 Å². The Balaban J connectivity index is 4.04. The third-order valence-corrected chi connectivity index (χ3v) is 2.24. The van der Waals surface area contributed by atoms with E-state index in [0.717, 1.165) is 6.42 Å². The molecule has 0 radical (unpaired) electrons. The minimum atomic E-state index is -0.423. The normalized spacial score (nSPS) is 16.2. The number of hydrogen-bond donors (Lipinski definition) is 0. The Kier molecular flexibility index (Phi) is 6.35. The van der Waals surface area contributed by atoms with E-state index in [4.69, 9.17) is 9.47 Å². The van der Waals surface area contributed by atoms with Crippen molar-refractivity contribution in [2.75, 3.05) is 0 Å². The van der Waals surface area contributed by atoms with Crippen LogP contribution in [0.5, 0.6) is 0 Å². The van der Waals surface area contributed by atoms with Crippen LogP contribution in [0.15, 0.2) is 0 Å². The monoisotopic (exact) mass is 258 g/mol. The molecule has 0 aromatic carbocycles. The van der Waals surface area contributed by atoms with Crippen molar-refractivity contribution >= 4 is 5.97 Å². The van der Waals surface area contributed by atoms with Crippen molar-refractivity contribution in [1.29, 1.82) is 0 Å². The number of hydrogen-bond acceptors (Lipinski definition) is 3. The minimum absolute atomic E-state index is 0.0998. The Hall–Kier alpha value is -0.570. The maximum atomic E-state index is 11.6. The van der Waals surface area contributed by atoms with Gasteiger partial charge in [0.1, 0.15) is 5.60 Å². The molecule has 0 heterocycles. The fraction of sp³-hybridized carbons (Fsp3) is 0.933. The van der Waals surface area contributed by atoms with E-state index in [2.05, 4.69) is 27.7 Å². The number of carbonyl (C=O) groups is 1. The standard InChI is InChI=1S/C15H30O3/c1-11(9-13(16)18-15(6,7)8)17-12(2)10-14(3,4)5/h11-12H,9-10H2,1-8H3. The van der Waals surface area contributed by atoms with Gasteiger partial charge in [-0.25, -0.2) is 0 Å². The van der Waals surface area contributed by atoms with Gasteiger partial charge in [0.2, 0.25) is 0 Å². The molecule has 3 nitrogen and oxygen atoms in total. The van der Waals surface area contributed by atoms with E-state index in [1.54, 1.807) is 0 Å². The summed E-state index contributed by atoms with van der Waals surface area (Å²) >= 11 is 0. The van der Waals surface area contributed by atoms with E-state index >= 15 is 0 Å². The van der Waals surface area contributed by atoms with Gasteiger partial charge in [0.05, 0.1) is 18.6 Å². The maximum Gasteiger partial charge on any atom is 0.308 e. The molecular formula is C15H30O3. The Bertz CT molecular complexity index is 258. The molecule has 0 bridgehead atoms. The fourth-order valence-corrected chi connectivity index (χ4v) is 1.97. The minimum Gasteiger partial charge on any atom is -0.460 e. The molecule has 0 N–H and O–H groups in total. The molecule has 2 unspecified atom stereocenters. The Labute approximate surface area is 112 Å². The van der Waals surface area contributed by atoms with Gasteiger partial charge in [0.15, 0.2) is 0 Å². The quantitative estimate of drug-likeness (QED) is 0.700. The van der Waals surface area contributed by atoms with E-state index in [1.165, 1.54) is 0 Å². The second kappa shape index (κ2) is 6.55. The second-order valence-corrected chi connectivity index (χ2v) is 7.31. The molecule has 0 rings (SSSR count). The summed E-state index contributed by atoms with van der Waals surface area (Å²) in [6.45, 7) is 16.2. The SMILES string of the molecule is CC(CC(=O)OC(C)(C)C)OC(C)CC(C)(C)C. The first-order valence-corrected chi connectivity index (χ1v) is 6.76. The fourth-order valence-electron chi connectivity index (χ4n) is 1.97. The summed E-state index contributed by atoms with van der Waals surface area (Å²) in [5.74, 6) is -0.196. The average molecular weight is 258 g/mol. The molecule has 0 aliphatic heterocycles. The highest BCUT2D eigenvalue weighted by Crippen LogP contribution is 2.23. The molecule has 0 amide bonds. The topological polar surface area (TPSA) is 35.5 Å². The van der Waals surface area contributed by atoms with Gasteiger partial charge in [0, 0.05) is 0 Å². The van der Waals surface area contributed by atoms with Gasteiger partial charge in [-0.1, -0.05) is 20.8 Å². The van der Waals surface area contributed by atoms with Crippen LogP contribution in [0.3, 0.4) is 0 Å². The zero-order valence-electron chi connectivity index (χ0n) is 13.3. The first-order chi connectivity index (χ1) is 7.89. The zero-order valence-corrected chi connectivity index (χ0v) is 13.3. The summed E-state index contributed by atoms with van der Waals surface area (Å²) in [5.41, 5.74) is -0.182. The summed E-state index contributed by atoms with van der Waals surface area (Å²) < 4.78 is 11.1. The van der Waals surface area contributed by atoms with Crippen LogP contribution < -0.4 is 0 Å². The lowest BCUT2D eigenvalue weighted by molar-refractivity contribution is -0.158. The van der Waals surface area contributed by atoms with Gasteiger partial charge >= 0.3 is 5.97 Å². The second-order valence-electron chi connectivity index (χ2n) is 7.31. The maximum absolute atomic E-state index is 11.6. The smallest absolute Gasteiger partial charge is 0.308 e. The summed E-state index contributed by atoms with van der Waals surface area (Å²) in [4.78, 5) is 11.6. The third kappa shape index (κ3) is 10.6. The molecule has 0 fully saturated rings. The first kappa shape index (κ1) is 17.4. The van der Waals surface area contributed by atoms with E-state index in [0.29, 0.717) is 6.42 Å². The van der Waals surface area contributed by atoms with Gasteiger partial charge in [-0.3, -0.25) is 4.79 Å². The summed E-state index contributed by atoms with van der Waals surface area (Å²) in [6.07, 6.45) is 1.34. The largest absolute Gasteiger partial charge is 0.460 e. The first-order valence-electron chi connectivity index (χ1n) is 6.76. The predicted molar refractivity (Wildman–Crippen MR) is 74.5 cm³/mol. The van der Waals surface area contributed by atoms with Crippen molar-refractivity contribution in [2.24, 2.45) is 5.41 Å². The van der Waals surface area contributed by atoms with Crippen LogP contribution in [0.25, 0.3) is 0 Å². The Morgan fingerprint density at radius 3 is 1.89 bits per heavy atom. The van der Waals surface area contributed by atoms with Gasteiger partial charge in [-0.2, -0.15) is 0 Å². The van der Waals surface area contributed by atoms with Crippen molar-refractivity contribution in [3.05, 3.63) is 0 Å². The molecule has 0 saturated heterocycles. The molecule has 0 aromatic rings. The number of carbonyl (C=O) groups excluding carboxylic acids is 1. The molecule has 0 aliphatic rings. The van der Waals surface area contributed by atoms with Crippen LogP contribution in [-0.2, 0) is 14.3 Å². The molecule has 0 aliphatic carbocycles. The number of esters is 1. The Morgan fingerprint density at radius 1 is 1.00 bits per heavy atom. The van der Waals surface area contributed by atoms with Crippen LogP contribution in [0.1, 0.15) is 68.2 Å². The van der Waals surface area contributed by atoms with Crippen LogP contribution >= 0.6 is 0 Å². The molecule has 18 heavy (non-hydrogen) atoms. The van der Waals surface area contributed by atoms with Crippen LogP contribution in [-0.4, -0.2) is 23.8 Å². The van der Waals surface area contributed by atoms with Gasteiger partial charge in [0.25, 0.3) is 0 Å². The third-order valence-electron chi connectivity index (χ3n) is 2.24. The number of rotatable bonds is 5. The Morgan fingerprint density at radius 2 is 1.50 bits per heavy atom. The van der Waals surface area contributed by atoms with E-state index in [1.807, 2.05) is 27.7 Å². The molecule has 3 heteroatoms. The van der Waals surface area contributed by atoms with Crippen molar-refractivity contribution in [3.8, 4) is 0 Å². The van der Waals surface area contributed by atoms with Crippen molar-refractivity contribution in [2.45, 2.75) is 86.0 Å². The molecule has 108 valence electrons. The van der Waals surface area contributed by atoms with Crippen molar-refractivity contribution in [3.63, 3.8) is 0 Å². The molecular weight excluding hydrogens is 228 g/mol. The highest BCUT2D eigenvalue weighted by molar-refractivity contribution is 5.70. The van der Waals surface area contributed by atoms with Crippen LogP contribution in [0.4, 0.5) is 0 Å². The summed E-state index contributed by atoms with van der Waals surface area (Å²) in [5, 5.41) is 0. The highest BCUT2D eigenvalue weighted by atomic mass is 16.6. The lowest BCUT2D eigenvalue weighted by atomic mass is 9.90. The molecule has 0 aromatic heterocycles. The lowest BCUT2D eigenvalue weighted by Gasteiger charge is -2.26. The highest BCUT2D eigenvalue weighted by Gasteiger charge is 2.21. The summed E-state index contributed by atoms with van der Waals surface area (Å²) in [6, 6.07) is 0. The lowest BCUT2D eigenvalue weighted by Crippen LogP contribution is -2.28. The zero-order chi connectivity index (χ0) is 14.6. The molecule has 2 atom stereocenters.